The Morgan fingerprint density at radius 1 is 1.48 bits per heavy atom. The summed E-state index contributed by atoms with van der Waals surface area (Å²) in [7, 11) is 1.67. The Kier molecular flexibility index (Phi) is 6.91. The zero-order chi connectivity index (χ0) is 14.7. The number of amides is 1. The topological polar surface area (TPSA) is 46.3 Å². The lowest BCUT2D eigenvalue weighted by molar-refractivity contribution is -0.131. The quantitative estimate of drug-likeness (QED) is 0.917. The standard InChI is InChI=1S/C15H20ClFN2O.ClH/c1-19(9-11-12(16)5-3-6-13(11)17)15(20)8-10-4-2-7-14(10)18;/h3,5-6,10,14H,2,4,7-9,18H2,1H3;1H/t10-,14+;/m0./s1. The maximum Gasteiger partial charge on any atom is 0.222 e. The highest BCUT2D eigenvalue weighted by atomic mass is 35.5. The average Bonchev–Trinajstić information content (AvgIpc) is 2.79. The monoisotopic (exact) mass is 334 g/mol. The van der Waals surface area contributed by atoms with Crippen LogP contribution in [-0.2, 0) is 11.3 Å². The van der Waals surface area contributed by atoms with E-state index in [1.54, 1.807) is 19.2 Å². The lowest BCUT2D eigenvalue weighted by Crippen LogP contribution is -2.32. The van der Waals surface area contributed by atoms with Gasteiger partial charge in [0.1, 0.15) is 5.82 Å². The number of halogens is 3. The predicted octanol–water partition coefficient (Wildman–Crippen LogP) is 3.38. The molecule has 1 aromatic carbocycles. The molecule has 0 aliphatic heterocycles. The van der Waals surface area contributed by atoms with Gasteiger partial charge in [0, 0.05) is 36.6 Å². The van der Waals surface area contributed by atoms with Gasteiger partial charge >= 0.3 is 0 Å². The molecule has 2 rings (SSSR count). The van der Waals surface area contributed by atoms with Crippen molar-refractivity contribution in [1.82, 2.24) is 4.90 Å². The van der Waals surface area contributed by atoms with E-state index in [-0.39, 0.29) is 42.6 Å². The minimum atomic E-state index is -0.380. The van der Waals surface area contributed by atoms with Crippen molar-refractivity contribution < 1.29 is 9.18 Å². The summed E-state index contributed by atoms with van der Waals surface area (Å²) in [4.78, 5) is 13.7. The van der Waals surface area contributed by atoms with Gasteiger partial charge < -0.3 is 10.6 Å². The van der Waals surface area contributed by atoms with Crippen molar-refractivity contribution >= 4 is 29.9 Å². The van der Waals surface area contributed by atoms with Crippen LogP contribution in [0.5, 0.6) is 0 Å². The fraction of sp³-hybridized carbons (Fsp3) is 0.533. The third kappa shape index (κ3) is 4.56. The lowest BCUT2D eigenvalue weighted by atomic mass is 9.99. The van der Waals surface area contributed by atoms with Gasteiger partial charge in [-0.2, -0.15) is 0 Å². The molecule has 1 amide bonds. The minimum Gasteiger partial charge on any atom is -0.341 e. The molecule has 0 aromatic heterocycles. The molecule has 0 saturated heterocycles. The van der Waals surface area contributed by atoms with Gasteiger partial charge in [-0.15, -0.1) is 12.4 Å². The fourth-order valence-corrected chi connectivity index (χ4v) is 2.93. The second kappa shape index (κ2) is 7.97. The van der Waals surface area contributed by atoms with Crippen molar-refractivity contribution in [2.24, 2.45) is 11.7 Å². The van der Waals surface area contributed by atoms with Gasteiger partial charge in [-0.3, -0.25) is 4.79 Å². The molecule has 21 heavy (non-hydrogen) atoms. The van der Waals surface area contributed by atoms with Gasteiger partial charge in [-0.1, -0.05) is 24.1 Å². The third-order valence-corrected chi connectivity index (χ3v) is 4.39. The molecular formula is C15H21Cl2FN2O. The largest absolute Gasteiger partial charge is 0.341 e. The average molecular weight is 335 g/mol. The summed E-state index contributed by atoms with van der Waals surface area (Å²) in [5, 5.41) is 0.349. The molecular weight excluding hydrogens is 314 g/mol. The van der Waals surface area contributed by atoms with Crippen LogP contribution in [0.4, 0.5) is 4.39 Å². The molecule has 1 fully saturated rings. The molecule has 1 aromatic rings. The Morgan fingerprint density at radius 2 is 2.19 bits per heavy atom. The van der Waals surface area contributed by atoms with Crippen LogP contribution in [0.2, 0.25) is 5.02 Å². The first kappa shape index (κ1) is 18.2. The van der Waals surface area contributed by atoms with Gasteiger partial charge in [0.05, 0.1) is 0 Å². The van der Waals surface area contributed by atoms with Crippen LogP contribution >= 0.6 is 24.0 Å². The van der Waals surface area contributed by atoms with E-state index in [4.69, 9.17) is 17.3 Å². The molecule has 0 unspecified atom stereocenters. The zero-order valence-electron chi connectivity index (χ0n) is 12.0. The number of rotatable bonds is 4. The SMILES string of the molecule is CN(Cc1c(F)cccc1Cl)C(=O)C[C@@H]1CCC[C@H]1N.Cl. The number of nitrogens with two attached hydrogens (primary N) is 1. The highest BCUT2D eigenvalue weighted by Crippen LogP contribution is 2.28. The zero-order valence-corrected chi connectivity index (χ0v) is 13.6. The van der Waals surface area contributed by atoms with Crippen LogP contribution in [0.25, 0.3) is 0 Å². The second-order valence-corrected chi connectivity index (χ2v) is 5.92. The van der Waals surface area contributed by atoms with Crippen molar-refractivity contribution in [3.63, 3.8) is 0 Å². The molecule has 0 spiro atoms. The van der Waals surface area contributed by atoms with Gasteiger partial charge in [0.25, 0.3) is 0 Å². The van der Waals surface area contributed by atoms with Crippen LogP contribution in [-0.4, -0.2) is 23.9 Å². The summed E-state index contributed by atoms with van der Waals surface area (Å²) in [6.45, 7) is 0.187. The van der Waals surface area contributed by atoms with E-state index in [1.807, 2.05) is 0 Å². The van der Waals surface area contributed by atoms with Gasteiger partial charge in [0.2, 0.25) is 5.91 Å². The summed E-state index contributed by atoms with van der Waals surface area (Å²) in [6.07, 6.45) is 3.51. The molecule has 0 radical (unpaired) electrons. The van der Waals surface area contributed by atoms with Crippen LogP contribution in [0.1, 0.15) is 31.2 Å². The van der Waals surface area contributed by atoms with Crippen LogP contribution in [0.15, 0.2) is 18.2 Å². The highest BCUT2D eigenvalue weighted by molar-refractivity contribution is 6.31. The van der Waals surface area contributed by atoms with E-state index >= 15 is 0 Å². The van der Waals surface area contributed by atoms with Crippen molar-refractivity contribution in [2.75, 3.05) is 7.05 Å². The molecule has 1 saturated carbocycles. The Balaban J connectivity index is 0.00000220. The van der Waals surface area contributed by atoms with E-state index in [9.17, 15) is 9.18 Å². The van der Waals surface area contributed by atoms with Crippen molar-refractivity contribution in [1.29, 1.82) is 0 Å². The van der Waals surface area contributed by atoms with Crippen molar-refractivity contribution in [3.05, 3.63) is 34.6 Å². The predicted molar refractivity (Wildman–Crippen MR) is 85.1 cm³/mol. The first-order chi connectivity index (χ1) is 9.49. The van der Waals surface area contributed by atoms with Crippen LogP contribution in [0, 0.1) is 11.7 Å². The fourth-order valence-electron chi connectivity index (χ4n) is 2.71. The molecule has 0 bridgehead atoms. The first-order valence-electron chi connectivity index (χ1n) is 6.91. The number of carbonyl (C=O) groups excluding carboxylic acids is 1. The molecule has 118 valence electrons. The second-order valence-electron chi connectivity index (χ2n) is 5.51. The molecule has 6 heteroatoms. The first-order valence-corrected chi connectivity index (χ1v) is 7.29. The third-order valence-electron chi connectivity index (χ3n) is 4.04. The minimum absolute atomic E-state index is 0. The van der Waals surface area contributed by atoms with Gasteiger partial charge in [-0.05, 0) is 30.9 Å². The summed E-state index contributed by atoms with van der Waals surface area (Å²) in [5.41, 5.74) is 6.34. The number of hydrogen-bond donors (Lipinski definition) is 1. The molecule has 1 aliphatic rings. The molecule has 2 N–H and O–H groups in total. The molecule has 3 nitrogen and oxygen atoms in total. The normalized spacial score (nSPS) is 21.0. The van der Waals surface area contributed by atoms with Crippen LogP contribution in [0.3, 0.4) is 0 Å². The molecule has 2 atom stereocenters. The van der Waals surface area contributed by atoms with E-state index in [0.717, 1.165) is 19.3 Å². The van der Waals surface area contributed by atoms with E-state index in [0.29, 0.717) is 17.0 Å². The smallest absolute Gasteiger partial charge is 0.222 e. The highest BCUT2D eigenvalue weighted by Gasteiger charge is 2.27. The van der Waals surface area contributed by atoms with E-state index in [1.165, 1.54) is 11.0 Å². The van der Waals surface area contributed by atoms with Gasteiger partial charge in [-0.25, -0.2) is 4.39 Å². The molecule has 0 heterocycles. The summed E-state index contributed by atoms with van der Waals surface area (Å²) >= 11 is 5.97. The molecule has 1 aliphatic carbocycles. The maximum atomic E-state index is 13.7. The Hall–Kier alpha value is -0.840. The van der Waals surface area contributed by atoms with Crippen LogP contribution < -0.4 is 5.73 Å². The number of hydrogen-bond acceptors (Lipinski definition) is 2. The van der Waals surface area contributed by atoms with E-state index in [2.05, 4.69) is 0 Å². The Bertz CT molecular complexity index is 478. The maximum absolute atomic E-state index is 13.7. The lowest BCUT2D eigenvalue weighted by Gasteiger charge is -2.22. The van der Waals surface area contributed by atoms with Crippen molar-refractivity contribution in [2.45, 2.75) is 38.3 Å². The Morgan fingerprint density at radius 3 is 2.76 bits per heavy atom. The van der Waals surface area contributed by atoms with Crippen molar-refractivity contribution in [3.8, 4) is 0 Å². The number of carbonyl (C=O) groups is 1. The number of benzene rings is 1. The number of nitrogens with zero attached hydrogens (tertiary/aromatic N) is 1. The Labute approximate surface area is 136 Å². The summed E-state index contributed by atoms with van der Waals surface area (Å²) in [5.74, 6) is -0.137. The summed E-state index contributed by atoms with van der Waals surface area (Å²) < 4.78 is 13.7. The van der Waals surface area contributed by atoms with Gasteiger partial charge in [0.15, 0.2) is 0 Å². The van der Waals surface area contributed by atoms with E-state index < -0.39 is 0 Å². The summed E-state index contributed by atoms with van der Waals surface area (Å²) in [6, 6.07) is 4.65.